The van der Waals surface area contributed by atoms with Crippen LogP contribution in [0.4, 0.5) is 4.39 Å². The molecule has 0 saturated carbocycles. The average molecular weight is 401 g/mol. The molecule has 8 heteroatoms. The molecule has 0 radical (unpaired) electrons. The zero-order valence-electron chi connectivity index (χ0n) is 16.0. The summed E-state index contributed by atoms with van der Waals surface area (Å²) in [5.74, 6) is -0.530. The quantitative estimate of drug-likeness (QED) is 0.646. The van der Waals surface area contributed by atoms with E-state index in [1.54, 1.807) is 0 Å². The number of hydrogen-bond acceptors (Lipinski definition) is 4. The van der Waals surface area contributed by atoms with Gasteiger partial charge in [0.1, 0.15) is 10.7 Å². The fraction of sp³-hybridized carbons (Fsp3) is 0.632. The maximum Gasteiger partial charge on any atom is 0.245 e. The molecule has 1 amide bonds. The monoisotopic (exact) mass is 400 g/mol. The van der Waals surface area contributed by atoms with Crippen molar-refractivity contribution in [2.75, 3.05) is 32.8 Å². The van der Waals surface area contributed by atoms with Crippen LogP contribution in [-0.4, -0.2) is 51.5 Å². The molecule has 0 atom stereocenters. The smallest absolute Gasteiger partial charge is 0.245 e. The van der Waals surface area contributed by atoms with Gasteiger partial charge in [0.2, 0.25) is 15.9 Å². The normalized spacial score (nSPS) is 16.6. The molecule has 0 spiro atoms. The summed E-state index contributed by atoms with van der Waals surface area (Å²) in [6.45, 7) is 6.46. The number of hydrogen-bond donors (Lipinski definition) is 1. The summed E-state index contributed by atoms with van der Waals surface area (Å²) in [6, 6.07) is 5.36. The van der Waals surface area contributed by atoms with Crippen molar-refractivity contribution in [3.05, 3.63) is 30.1 Å². The minimum Gasteiger partial charge on any atom is -0.381 e. The van der Waals surface area contributed by atoms with Crippen molar-refractivity contribution in [1.82, 2.24) is 9.62 Å². The molecule has 1 aliphatic heterocycles. The van der Waals surface area contributed by atoms with E-state index in [1.165, 1.54) is 22.5 Å². The van der Waals surface area contributed by atoms with Crippen LogP contribution in [0.25, 0.3) is 0 Å². The maximum absolute atomic E-state index is 13.8. The SMILES string of the molecule is CC(C)COCCCNC(=O)C1CCN(S(=O)(=O)c2ccccc2F)CC1. The summed E-state index contributed by atoms with van der Waals surface area (Å²) in [7, 11) is -3.87. The van der Waals surface area contributed by atoms with Gasteiger partial charge >= 0.3 is 0 Å². The number of nitrogens with zero attached hydrogens (tertiary/aromatic N) is 1. The maximum atomic E-state index is 13.8. The van der Waals surface area contributed by atoms with Gasteiger partial charge in [-0.15, -0.1) is 0 Å². The van der Waals surface area contributed by atoms with Gasteiger partial charge in [0.05, 0.1) is 0 Å². The molecular weight excluding hydrogens is 371 g/mol. The molecule has 1 N–H and O–H groups in total. The second-order valence-corrected chi connectivity index (χ2v) is 9.13. The lowest BCUT2D eigenvalue weighted by molar-refractivity contribution is -0.126. The molecule has 1 aliphatic rings. The molecule has 6 nitrogen and oxygen atoms in total. The van der Waals surface area contributed by atoms with Gasteiger partial charge in [-0.3, -0.25) is 4.79 Å². The van der Waals surface area contributed by atoms with E-state index in [-0.39, 0.29) is 29.8 Å². The standard InChI is InChI=1S/C19H29FN2O4S/c1-15(2)14-26-13-5-10-21-19(23)16-8-11-22(12-9-16)27(24,25)18-7-4-3-6-17(18)20/h3-4,6-7,15-16H,5,8-14H2,1-2H3,(H,21,23). The highest BCUT2D eigenvalue weighted by molar-refractivity contribution is 7.89. The molecule has 1 fully saturated rings. The first-order chi connectivity index (χ1) is 12.8. The van der Waals surface area contributed by atoms with Gasteiger partial charge < -0.3 is 10.1 Å². The van der Waals surface area contributed by atoms with Crippen LogP contribution in [0, 0.1) is 17.7 Å². The van der Waals surface area contributed by atoms with Crippen molar-refractivity contribution >= 4 is 15.9 Å². The van der Waals surface area contributed by atoms with Crippen molar-refractivity contribution in [3.8, 4) is 0 Å². The van der Waals surface area contributed by atoms with Crippen molar-refractivity contribution in [2.24, 2.45) is 11.8 Å². The summed E-state index contributed by atoms with van der Waals surface area (Å²) in [5, 5.41) is 2.89. The Morgan fingerprint density at radius 1 is 1.30 bits per heavy atom. The molecule has 2 rings (SSSR count). The molecule has 1 aromatic rings. The topological polar surface area (TPSA) is 75.7 Å². The van der Waals surface area contributed by atoms with Crippen molar-refractivity contribution in [3.63, 3.8) is 0 Å². The van der Waals surface area contributed by atoms with Crippen molar-refractivity contribution in [1.29, 1.82) is 0 Å². The van der Waals surface area contributed by atoms with E-state index in [1.807, 2.05) is 0 Å². The largest absolute Gasteiger partial charge is 0.381 e. The Kier molecular flexibility index (Phi) is 8.19. The molecule has 0 unspecified atom stereocenters. The first-order valence-electron chi connectivity index (χ1n) is 9.42. The molecule has 0 aromatic heterocycles. The lowest BCUT2D eigenvalue weighted by Crippen LogP contribution is -2.43. The fourth-order valence-corrected chi connectivity index (χ4v) is 4.54. The Morgan fingerprint density at radius 2 is 1.96 bits per heavy atom. The van der Waals surface area contributed by atoms with Crippen LogP contribution < -0.4 is 5.32 Å². The van der Waals surface area contributed by atoms with E-state index in [2.05, 4.69) is 19.2 Å². The second-order valence-electron chi connectivity index (χ2n) is 7.22. The number of ether oxygens (including phenoxy) is 1. The van der Waals surface area contributed by atoms with Gasteiger partial charge in [-0.05, 0) is 37.3 Å². The summed E-state index contributed by atoms with van der Waals surface area (Å²) < 4.78 is 45.7. The van der Waals surface area contributed by atoms with Crippen molar-refractivity contribution in [2.45, 2.75) is 38.0 Å². The highest BCUT2D eigenvalue weighted by atomic mass is 32.2. The molecule has 0 aliphatic carbocycles. The number of piperidine rings is 1. The number of benzene rings is 1. The number of halogens is 1. The predicted molar refractivity (Wildman–Crippen MR) is 101 cm³/mol. The van der Waals surface area contributed by atoms with Crippen molar-refractivity contribution < 1.29 is 22.3 Å². The predicted octanol–water partition coefficient (Wildman–Crippen LogP) is 2.41. The van der Waals surface area contributed by atoms with Gasteiger partial charge in [0.25, 0.3) is 0 Å². The Hall–Kier alpha value is -1.51. The van der Waals surface area contributed by atoms with Crippen LogP contribution in [0.3, 0.4) is 0 Å². The zero-order valence-corrected chi connectivity index (χ0v) is 16.8. The lowest BCUT2D eigenvalue weighted by atomic mass is 9.97. The van der Waals surface area contributed by atoms with Gasteiger partial charge in [0.15, 0.2) is 0 Å². The number of carbonyl (C=O) groups excluding carboxylic acids is 1. The van der Waals surface area contributed by atoms with Gasteiger partial charge in [-0.2, -0.15) is 4.31 Å². The van der Waals surface area contributed by atoms with Crippen LogP contribution in [0.5, 0.6) is 0 Å². The van der Waals surface area contributed by atoms with Gasteiger partial charge in [-0.1, -0.05) is 26.0 Å². The summed E-state index contributed by atoms with van der Waals surface area (Å²) in [6.07, 6.45) is 1.62. The minimum atomic E-state index is -3.87. The van der Waals surface area contributed by atoms with Gasteiger partial charge in [0, 0.05) is 38.8 Å². The highest BCUT2D eigenvalue weighted by Crippen LogP contribution is 2.25. The Labute approximate surface area is 161 Å². The van der Waals surface area contributed by atoms with Crippen LogP contribution in [0.15, 0.2) is 29.2 Å². The molecule has 1 saturated heterocycles. The minimum absolute atomic E-state index is 0.0539. The van der Waals surface area contributed by atoms with Crippen LogP contribution in [0.2, 0.25) is 0 Å². The molecule has 1 aromatic carbocycles. The first-order valence-corrected chi connectivity index (χ1v) is 10.9. The second kappa shape index (κ2) is 10.1. The Morgan fingerprint density at radius 3 is 2.59 bits per heavy atom. The zero-order chi connectivity index (χ0) is 19.9. The highest BCUT2D eigenvalue weighted by Gasteiger charge is 2.33. The summed E-state index contributed by atoms with van der Waals surface area (Å²) >= 11 is 0. The Balaban J connectivity index is 1.76. The Bertz CT molecular complexity index is 716. The third-order valence-electron chi connectivity index (χ3n) is 4.50. The van der Waals surface area contributed by atoms with Crippen LogP contribution >= 0.6 is 0 Å². The number of rotatable bonds is 9. The van der Waals surface area contributed by atoms with E-state index in [4.69, 9.17) is 4.74 Å². The number of sulfonamides is 1. The number of nitrogens with one attached hydrogen (secondary N) is 1. The molecule has 0 bridgehead atoms. The fourth-order valence-electron chi connectivity index (χ4n) is 3.00. The third kappa shape index (κ3) is 6.26. The average Bonchev–Trinajstić information content (AvgIpc) is 2.64. The van der Waals surface area contributed by atoms with Crippen LogP contribution in [-0.2, 0) is 19.6 Å². The third-order valence-corrected chi connectivity index (χ3v) is 6.43. The number of amides is 1. The first kappa shape index (κ1) is 21.8. The van der Waals surface area contributed by atoms with E-state index in [9.17, 15) is 17.6 Å². The summed E-state index contributed by atoms with van der Waals surface area (Å²) in [5.41, 5.74) is 0. The van der Waals surface area contributed by atoms with E-state index < -0.39 is 15.8 Å². The van der Waals surface area contributed by atoms with Gasteiger partial charge in [-0.25, -0.2) is 12.8 Å². The molecule has 1 heterocycles. The molecule has 27 heavy (non-hydrogen) atoms. The number of carbonyl (C=O) groups is 1. The van der Waals surface area contributed by atoms with E-state index >= 15 is 0 Å². The van der Waals surface area contributed by atoms with Crippen LogP contribution in [0.1, 0.15) is 33.1 Å². The molecular formula is C19H29FN2O4S. The molecule has 152 valence electrons. The van der Waals surface area contributed by atoms with E-state index in [0.29, 0.717) is 38.5 Å². The summed E-state index contributed by atoms with van der Waals surface area (Å²) in [4.78, 5) is 11.9. The lowest BCUT2D eigenvalue weighted by Gasteiger charge is -2.30. The van der Waals surface area contributed by atoms with E-state index in [0.717, 1.165) is 12.5 Å².